The Morgan fingerprint density at radius 1 is 0.656 bits per heavy atom. The maximum absolute atomic E-state index is 14.8. The number of nitrogens with one attached hydrogen (secondary N) is 1. The first-order chi connectivity index (χ1) is 28.8. The van der Waals surface area contributed by atoms with Crippen molar-refractivity contribution in [3.63, 3.8) is 0 Å². The third-order valence-corrected chi connectivity index (χ3v) is 14.2. The lowest BCUT2D eigenvalue weighted by atomic mass is 10.1. The number of methoxy groups -OCH3 is 2. The first-order valence-electron chi connectivity index (χ1n) is 19.2. The number of carbonyl (C=O) groups excluding carboxylic acids is 2. The van der Waals surface area contributed by atoms with Gasteiger partial charge in [0.15, 0.2) is 0 Å². The minimum atomic E-state index is -3.91. The summed E-state index contributed by atoms with van der Waals surface area (Å²) in [5, 5.41) is 3.12. The maximum atomic E-state index is 14.8. The lowest BCUT2D eigenvalue weighted by Gasteiger charge is -2.43. The molecule has 3 fully saturated rings. The van der Waals surface area contributed by atoms with Gasteiger partial charge in [0.1, 0.15) is 11.6 Å². The number of rotatable bonds is 13. The molecule has 0 radical (unpaired) electrons. The molecule has 0 spiro atoms. The van der Waals surface area contributed by atoms with Crippen LogP contribution in [0.4, 0.5) is 20.2 Å². The number of hydrogen-bond donors (Lipinski definition) is 1. The van der Waals surface area contributed by atoms with Gasteiger partial charge in [-0.15, -0.1) is 12.4 Å². The molecular formula is C41H49ClF2N6O9S2. The van der Waals surface area contributed by atoms with Crippen LogP contribution in [0.2, 0.25) is 0 Å². The highest BCUT2D eigenvalue weighted by molar-refractivity contribution is 7.90. The normalized spacial score (nSPS) is 16.5. The van der Waals surface area contributed by atoms with Gasteiger partial charge in [0, 0.05) is 63.5 Å². The largest absolute Gasteiger partial charge is 0.465 e. The van der Waals surface area contributed by atoms with Crippen molar-refractivity contribution in [3.05, 3.63) is 131 Å². The van der Waals surface area contributed by atoms with E-state index in [0.717, 1.165) is 12.1 Å². The van der Waals surface area contributed by atoms with Crippen molar-refractivity contribution in [1.82, 2.24) is 18.8 Å². The van der Waals surface area contributed by atoms with E-state index >= 15 is 0 Å². The zero-order valence-corrected chi connectivity index (χ0v) is 36.1. The highest BCUT2D eigenvalue weighted by atomic mass is 35.5. The Labute approximate surface area is 361 Å². The van der Waals surface area contributed by atoms with Gasteiger partial charge in [-0.1, -0.05) is 48.5 Å². The maximum Gasteiger partial charge on any atom is 0.337 e. The molecule has 4 aromatic rings. The van der Waals surface area contributed by atoms with Gasteiger partial charge in [0.05, 0.1) is 69.1 Å². The lowest BCUT2D eigenvalue weighted by Crippen LogP contribution is -2.59. The molecule has 4 aromatic carbocycles. The second-order valence-corrected chi connectivity index (χ2v) is 17.8. The minimum absolute atomic E-state index is 0. The van der Waals surface area contributed by atoms with E-state index in [-0.39, 0.29) is 47.8 Å². The first kappa shape index (κ1) is 47.3. The topological polar surface area (TPSA) is 158 Å². The molecule has 330 valence electrons. The molecule has 3 aliphatic heterocycles. The Morgan fingerprint density at radius 2 is 1.07 bits per heavy atom. The van der Waals surface area contributed by atoms with Crippen molar-refractivity contribution in [2.45, 2.75) is 19.1 Å². The fourth-order valence-corrected chi connectivity index (χ4v) is 10.0. The van der Waals surface area contributed by atoms with Gasteiger partial charge < -0.3 is 19.5 Å². The summed E-state index contributed by atoms with van der Waals surface area (Å²) in [7, 11) is -5.33. The smallest absolute Gasteiger partial charge is 0.337 e. The number of carbonyl (C=O) groups is 2. The summed E-state index contributed by atoms with van der Waals surface area (Å²) in [5.41, 5.74) is 1.35. The monoisotopic (exact) mass is 906 g/mol. The molecular weight excluding hydrogens is 858 g/mol. The lowest BCUT2D eigenvalue weighted by molar-refractivity contribution is -0.0721. The van der Waals surface area contributed by atoms with Crippen LogP contribution in [0.5, 0.6) is 0 Å². The van der Waals surface area contributed by atoms with Gasteiger partial charge in [-0.05, 0) is 48.5 Å². The van der Waals surface area contributed by atoms with E-state index in [1.165, 1.54) is 55.7 Å². The molecule has 7 rings (SSSR count). The van der Waals surface area contributed by atoms with Crippen LogP contribution in [-0.2, 0) is 47.7 Å². The van der Waals surface area contributed by atoms with Gasteiger partial charge >= 0.3 is 32.4 Å². The van der Waals surface area contributed by atoms with E-state index in [9.17, 15) is 35.2 Å². The van der Waals surface area contributed by atoms with Crippen LogP contribution in [0.1, 0.15) is 31.8 Å². The van der Waals surface area contributed by atoms with E-state index in [1.807, 2.05) is 0 Å². The van der Waals surface area contributed by atoms with Crippen LogP contribution in [0.15, 0.2) is 97.1 Å². The average molecular weight is 907 g/mol. The van der Waals surface area contributed by atoms with Crippen LogP contribution in [0, 0.1) is 11.6 Å². The van der Waals surface area contributed by atoms with E-state index in [2.05, 4.69) is 19.7 Å². The number of ether oxygens (including phenoxy) is 3. The molecule has 0 atom stereocenters. The van der Waals surface area contributed by atoms with Gasteiger partial charge in [-0.3, -0.25) is 13.5 Å². The van der Waals surface area contributed by atoms with Crippen molar-refractivity contribution in [2.75, 3.05) is 88.4 Å². The van der Waals surface area contributed by atoms with Gasteiger partial charge in [-0.25, -0.2) is 18.4 Å². The van der Waals surface area contributed by atoms with Crippen LogP contribution >= 0.6 is 12.4 Å². The minimum Gasteiger partial charge on any atom is -0.465 e. The number of piperazine rings is 2. The quantitative estimate of drug-likeness (QED) is 0.193. The predicted molar refractivity (Wildman–Crippen MR) is 228 cm³/mol. The Morgan fingerprint density at radius 3 is 1.43 bits per heavy atom. The Hall–Kier alpha value is -4.73. The van der Waals surface area contributed by atoms with Gasteiger partial charge in [0.2, 0.25) is 0 Å². The molecule has 0 aliphatic carbocycles. The van der Waals surface area contributed by atoms with Crippen molar-refractivity contribution in [2.24, 2.45) is 0 Å². The van der Waals surface area contributed by atoms with Gasteiger partial charge in [-0.2, -0.15) is 25.4 Å². The molecule has 0 aromatic heterocycles. The Balaban J connectivity index is 0.000000229. The number of halogens is 3. The molecule has 3 saturated heterocycles. The number of hydrogen-bond acceptors (Lipinski definition) is 11. The van der Waals surface area contributed by atoms with Crippen molar-refractivity contribution in [1.29, 1.82) is 0 Å². The zero-order chi connectivity index (χ0) is 42.9. The molecule has 0 amide bonds. The molecule has 0 unspecified atom stereocenters. The summed E-state index contributed by atoms with van der Waals surface area (Å²) >= 11 is 0. The van der Waals surface area contributed by atoms with Crippen molar-refractivity contribution in [3.8, 4) is 0 Å². The average Bonchev–Trinajstić information content (AvgIpc) is 3.25. The predicted octanol–water partition coefficient (Wildman–Crippen LogP) is 4.07. The summed E-state index contributed by atoms with van der Waals surface area (Å²) < 4.78 is 103. The molecule has 0 bridgehead atoms. The molecule has 61 heavy (non-hydrogen) atoms. The summed E-state index contributed by atoms with van der Waals surface area (Å²) in [6.07, 6.45) is 0. The SMILES string of the molecule is COC(=O)c1ccc(CN(c2ccccc2)S(=O)(=O)N2CCN(C3COC3)CC2)c(F)c1.COC(=O)c1ccc(CN(c2ccccc2)S(=O)(=O)N2CCNCC2)c(F)c1.Cl. The standard InChI is InChI=1S/C22H26FN3O5S.C19H22FN3O4S.ClH/c1-30-22(27)17-7-8-18(21(23)13-17)14-26(19-5-3-2-4-6-19)32(28,29)25-11-9-24(10-12-25)20-15-31-16-20;1-27-19(24)15-7-8-16(18(20)13-15)14-23(17-5-3-2-4-6-17)28(25,26)22-11-9-21-10-12-22;/h2-8,13,20H,9-12,14-16H2,1H3;2-8,13,21H,9-12,14H2,1H3;1H. The van der Waals surface area contributed by atoms with E-state index in [4.69, 9.17) is 4.74 Å². The van der Waals surface area contributed by atoms with Crippen LogP contribution in [0.3, 0.4) is 0 Å². The molecule has 3 heterocycles. The molecule has 20 heteroatoms. The van der Waals surface area contributed by atoms with E-state index in [1.54, 1.807) is 60.7 Å². The number of para-hydroxylation sites is 2. The van der Waals surface area contributed by atoms with E-state index < -0.39 is 44.0 Å². The van der Waals surface area contributed by atoms with Crippen LogP contribution in [-0.4, -0.2) is 128 Å². The summed E-state index contributed by atoms with van der Waals surface area (Å²) in [6.45, 7) is 4.74. The van der Waals surface area contributed by atoms with Crippen molar-refractivity contribution >= 4 is 56.1 Å². The fraction of sp³-hybridized carbons (Fsp3) is 0.366. The number of anilines is 2. The van der Waals surface area contributed by atoms with Gasteiger partial charge in [0.25, 0.3) is 0 Å². The second kappa shape index (κ2) is 21.4. The molecule has 0 saturated carbocycles. The Kier molecular flexibility index (Phi) is 16.6. The highest BCUT2D eigenvalue weighted by Crippen LogP contribution is 2.27. The van der Waals surface area contributed by atoms with Crippen LogP contribution < -0.4 is 13.9 Å². The highest BCUT2D eigenvalue weighted by Gasteiger charge is 2.37. The number of nitrogens with zero attached hydrogens (tertiary/aromatic N) is 5. The summed E-state index contributed by atoms with van der Waals surface area (Å²) in [5.74, 6) is -2.64. The molecule has 1 N–H and O–H groups in total. The number of esters is 2. The third kappa shape index (κ3) is 11.4. The first-order valence-corrected chi connectivity index (χ1v) is 22.0. The van der Waals surface area contributed by atoms with Crippen molar-refractivity contribution < 1.29 is 49.4 Å². The summed E-state index contributed by atoms with van der Waals surface area (Å²) in [4.78, 5) is 25.5. The summed E-state index contributed by atoms with van der Waals surface area (Å²) in [6, 6.07) is 25.4. The zero-order valence-electron chi connectivity index (χ0n) is 33.7. The molecule has 15 nitrogen and oxygen atoms in total. The molecule has 3 aliphatic rings. The number of benzene rings is 4. The Bertz CT molecular complexity index is 2320. The third-order valence-electron chi connectivity index (χ3n) is 10.4. The second-order valence-electron chi connectivity index (χ2n) is 14.1. The fourth-order valence-electron chi connectivity index (χ4n) is 6.84. The van der Waals surface area contributed by atoms with Crippen LogP contribution in [0.25, 0.3) is 0 Å². The van der Waals surface area contributed by atoms with E-state index in [0.29, 0.717) is 83.0 Å².